The van der Waals surface area contributed by atoms with E-state index in [0.717, 1.165) is 0 Å². The van der Waals surface area contributed by atoms with E-state index in [1.165, 1.54) is 13.1 Å². The lowest BCUT2D eigenvalue weighted by Crippen LogP contribution is -2.27. The van der Waals surface area contributed by atoms with Gasteiger partial charge in [0.05, 0.1) is 5.69 Å². The molecule has 0 aliphatic heterocycles. The van der Waals surface area contributed by atoms with Gasteiger partial charge in [-0.1, -0.05) is 6.07 Å². The maximum atomic E-state index is 10.6. The average Bonchev–Trinajstić information content (AvgIpc) is 2.15. The summed E-state index contributed by atoms with van der Waals surface area (Å²) in [5.74, 6) is 0. The largest absolute Gasteiger partial charge is 0.384 e. The van der Waals surface area contributed by atoms with Crippen molar-refractivity contribution in [1.29, 1.82) is 0 Å². The van der Waals surface area contributed by atoms with Gasteiger partial charge in [0.2, 0.25) is 0 Å². The summed E-state index contributed by atoms with van der Waals surface area (Å²) >= 11 is 0. The Hall–Kier alpha value is -1.02. The van der Waals surface area contributed by atoms with Gasteiger partial charge in [-0.3, -0.25) is 9.17 Å². The normalized spacial score (nSPS) is 15.9. The zero-order valence-corrected chi connectivity index (χ0v) is 8.89. The van der Waals surface area contributed by atoms with Crippen molar-refractivity contribution in [2.24, 2.45) is 5.14 Å². The van der Waals surface area contributed by atoms with Gasteiger partial charge in [-0.2, -0.15) is 8.42 Å². The molecule has 1 rings (SSSR count). The van der Waals surface area contributed by atoms with Crippen molar-refractivity contribution in [2.75, 3.05) is 0 Å². The molecule has 6 nitrogen and oxygen atoms in total. The summed E-state index contributed by atoms with van der Waals surface area (Å²) in [4.78, 5) is 3.86. The number of nitrogens with zero attached hydrogens (tertiary/aromatic N) is 1. The van der Waals surface area contributed by atoms with Gasteiger partial charge in [-0.05, 0) is 19.1 Å². The molecule has 1 aromatic heterocycles. The number of nitrogens with two attached hydrogens (primary N) is 1. The molecule has 0 bridgehead atoms. The maximum absolute atomic E-state index is 10.6. The minimum absolute atomic E-state index is 0.327. The van der Waals surface area contributed by atoms with Gasteiger partial charge in [0.15, 0.2) is 0 Å². The fraction of sp³-hybridized carbons (Fsp3) is 0.375. The summed E-state index contributed by atoms with van der Waals surface area (Å²) in [6, 6.07) is 4.92. The molecule has 0 amide bonds. The molecule has 0 unspecified atom stereocenters. The molecule has 2 atom stereocenters. The first kappa shape index (κ1) is 12.1. The number of rotatable bonds is 4. The summed E-state index contributed by atoms with van der Waals surface area (Å²) in [6.45, 7) is 1.39. The number of aromatic nitrogens is 1. The Morgan fingerprint density at radius 2 is 2.20 bits per heavy atom. The Bertz CT molecular complexity index is 406. The highest BCUT2D eigenvalue weighted by atomic mass is 32.2. The van der Waals surface area contributed by atoms with E-state index >= 15 is 0 Å². The molecule has 1 heterocycles. The molecule has 0 aliphatic carbocycles. The number of hydrogen-bond acceptors (Lipinski definition) is 5. The van der Waals surface area contributed by atoms with Crippen molar-refractivity contribution in [3.05, 3.63) is 30.1 Å². The van der Waals surface area contributed by atoms with Crippen molar-refractivity contribution in [1.82, 2.24) is 4.98 Å². The first-order valence-electron chi connectivity index (χ1n) is 4.20. The van der Waals surface area contributed by atoms with Gasteiger partial charge < -0.3 is 5.11 Å². The lowest BCUT2D eigenvalue weighted by atomic mass is 10.1. The topological polar surface area (TPSA) is 103 Å². The van der Waals surface area contributed by atoms with Crippen LogP contribution in [0.2, 0.25) is 0 Å². The van der Waals surface area contributed by atoms with Crippen LogP contribution in [0.1, 0.15) is 18.7 Å². The van der Waals surface area contributed by atoms with Crippen LogP contribution in [0.25, 0.3) is 0 Å². The fourth-order valence-corrected chi connectivity index (χ4v) is 1.58. The number of pyridine rings is 1. The van der Waals surface area contributed by atoms with Crippen LogP contribution < -0.4 is 5.14 Å². The molecular formula is C8H12N2O4S. The Morgan fingerprint density at radius 1 is 1.53 bits per heavy atom. The van der Waals surface area contributed by atoms with Crippen LogP contribution in [0.4, 0.5) is 0 Å². The van der Waals surface area contributed by atoms with Crippen molar-refractivity contribution in [2.45, 2.75) is 19.1 Å². The van der Waals surface area contributed by atoms with E-state index in [1.807, 2.05) is 0 Å². The minimum atomic E-state index is -4.06. The van der Waals surface area contributed by atoms with Crippen molar-refractivity contribution in [3.8, 4) is 0 Å². The average molecular weight is 232 g/mol. The van der Waals surface area contributed by atoms with E-state index in [9.17, 15) is 13.5 Å². The Balaban J connectivity index is 2.73. The first-order valence-corrected chi connectivity index (χ1v) is 5.67. The number of aliphatic hydroxyl groups excluding tert-OH is 1. The molecule has 0 fully saturated rings. The van der Waals surface area contributed by atoms with Gasteiger partial charge in [0.25, 0.3) is 0 Å². The molecule has 3 N–H and O–H groups in total. The predicted molar refractivity (Wildman–Crippen MR) is 52.9 cm³/mol. The smallest absolute Gasteiger partial charge is 0.333 e. The third-order valence-electron chi connectivity index (χ3n) is 1.72. The Morgan fingerprint density at radius 3 is 2.67 bits per heavy atom. The van der Waals surface area contributed by atoms with E-state index < -0.39 is 22.5 Å². The van der Waals surface area contributed by atoms with Gasteiger partial charge in [-0.25, -0.2) is 5.14 Å². The fourth-order valence-electron chi connectivity index (χ4n) is 1.06. The number of hydrogen-bond donors (Lipinski definition) is 2. The van der Waals surface area contributed by atoms with E-state index in [2.05, 4.69) is 14.3 Å². The van der Waals surface area contributed by atoms with Crippen molar-refractivity contribution >= 4 is 10.3 Å². The van der Waals surface area contributed by atoms with Gasteiger partial charge >= 0.3 is 10.3 Å². The van der Waals surface area contributed by atoms with Crippen LogP contribution in [0, 0.1) is 0 Å². The second-order valence-corrected chi connectivity index (χ2v) is 4.17. The molecule has 0 radical (unpaired) electrons. The summed E-state index contributed by atoms with van der Waals surface area (Å²) in [6.07, 6.45) is -0.623. The zero-order valence-electron chi connectivity index (χ0n) is 8.07. The minimum Gasteiger partial charge on any atom is -0.384 e. The SMILES string of the molecule is C[C@@H](OS(N)(=O)=O)[C@H](O)c1ccccn1. The molecular weight excluding hydrogens is 220 g/mol. The van der Waals surface area contributed by atoms with Crippen molar-refractivity contribution in [3.63, 3.8) is 0 Å². The van der Waals surface area contributed by atoms with Gasteiger partial charge in [0, 0.05) is 6.20 Å². The van der Waals surface area contributed by atoms with Crippen LogP contribution in [0.5, 0.6) is 0 Å². The second-order valence-electron chi connectivity index (χ2n) is 2.99. The van der Waals surface area contributed by atoms with E-state index in [0.29, 0.717) is 5.69 Å². The first-order chi connectivity index (χ1) is 6.90. The van der Waals surface area contributed by atoms with E-state index in [4.69, 9.17) is 0 Å². The van der Waals surface area contributed by atoms with Crippen LogP contribution >= 0.6 is 0 Å². The molecule has 0 saturated heterocycles. The molecule has 1 aromatic rings. The van der Waals surface area contributed by atoms with Crippen LogP contribution in [0.15, 0.2) is 24.4 Å². The summed E-state index contributed by atoms with van der Waals surface area (Å²) in [5, 5.41) is 14.3. The van der Waals surface area contributed by atoms with E-state index in [1.54, 1.807) is 18.2 Å². The molecule has 84 valence electrons. The molecule has 15 heavy (non-hydrogen) atoms. The standard InChI is InChI=1S/C8H12N2O4S/c1-6(14-15(9,12)13)8(11)7-4-2-3-5-10-7/h2-6,8,11H,1H3,(H2,9,12,13)/t6-,8+/m1/s1. The lowest BCUT2D eigenvalue weighted by molar-refractivity contribution is 0.0479. The Labute approximate surface area is 88.0 Å². The molecule has 0 aliphatic rings. The Kier molecular flexibility index (Phi) is 3.75. The zero-order chi connectivity index (χ0) is 11.5. The summed E-state index contributed by atoms with van der Waals surface area (Å²) < 4.78 is 25.6. The molecule has 0 saturated carbocycles. The quantitative estimate of drug-likeness (QED) is 0.743. The highest BCUT2D eigenvalue weighted by Gasteiger charge is 2.22. The predicted octanol–water partition coefficient (Wildman–Crippen LogP) is -0.276. The summed E-state index contributed by atoms with van der Waals surface area (Å²) in [7, 11) is -4.06. The van der Waals surface area contributed by atoms with Crippen LogP contribution in [-0.4, -0.2) is 24.6 Å². The maximum Gasteiger partial charge on any atom is 0.333 e. The van der Waals surface area contributed by atoms with Crippen LogP contribution in [-0.2, 0) is 14.5 Å². The third-order valence-corrected chi connectivity index (χ3v) is 2.29. The highest BCUT2D eigenvalue weighted by molar-refractivity contribution is 7.84. The molecule has 0 spiro atoms. The summed E-state index contributed by atoms with van der Waals surface area (Å²) in [5.41, 5.74) is 0.327. The van der Waals surface area contributed by atoms with Crippen LogP contribution in [0.3, 0.4) is 0 Å². The number of aliphatic hydroxyl groups is 1. The van der Waals surface area contributed by atoms with Gasteiger partial charge in [-0.15, -0.1) is 0 Å². The molecule has 0 aromatic carbocycles. The monoisotopic (exact) mass is 232 g/mol. The second kappa shape index (κ2) is 4.67. The third kappa shape index (κ3) is 3.92. The van der Waals surface area contributed by atoms with Gasteiger partial charge in [0.1, 0.15) is 12.2 Å². The van der Waals surface area contributed by atoms with E-state index in [-0.39, 0.29) is 0 Å². The lowest BCUT2D eigenvalue weighted by Gasteiger charge is -2.16. The highest BCUT2D eigenvalue weighted by Crippen LogP contribution is 2.16. The molecule has 7 heteroatoms. The van der Waals surface area contributed by atoms with Crippen molar-refractivity contribution < 1.29 is 17.7 Å².